The summed E-state index contributed by atoms with van der Waals surface area (Å²) in [6, 6.07) is 6.07. The Morgan fingerprint density at radius 1 is 1.41 bits per heavy atom. The summed E-state index contributed by atoms with van der Waals surface area (Å²) < 4.78 is 2.00. The van der Waals surface area contributed by atoms with Crippen molar-refractivity contribution in [3.63, 3.8) is 0 Å². The summed E-state index contributed by atoms with van der Waals surface area (Å²) in [6.07, 6.45) is 3.99. The van der Waals surface area contributed by atoms with Crippen LogP contribution in [0.25, 0.3) is 5.65 Å². The summed E-state index contributed by atoms with van der Waals surface area (Å²) in [5.41, 5.74) is 1.95. The summed E-state index contributed by atoms with van der Waals surface area (Å²) in [5.74, 6) is 0.414. The van der Waals surface area contributed by atoms with Crippen LogP contribution in [0.1, 0.15) is 19.5 Å². The second-order valence-electron chi connectivity index (χ2n) is 4.61. The topological polar surface area (TPSA) is 49.6 Å². The predicted octanol–water partition coefficient (Wildman–Crippen LogP) is 1.44. The zero-order valence-corrected chi connectivity index (χ0v) is 10.3. The van der Waals surface area contributed by atoms with Crippen molar-refractivity contribution in [3.05, 3.63) is 36.3 Å². The van der Waals surface area contributed by atoms with Crippen LogP contribution in [0.3, 0.4) is 0 Å². The largest absolute Gasteiger partial charge is 0.395 e. The van der Waals surface area contributed by atoms with E-state index in [0.717, 1.165) is 11.3 Å². The smallest absolute Gasteiger partial charge is 0.137 e. The molecule has 2 rings (SSSR count). The van der Waals surface area contributed by atoms with Crippen LogP contribution in [0.4, 0.5) is 0 Å². The molecule has 0 aromatic carbocycles. The summed E-state index contributed by atoms with van der Waals surface area (Å²) >= 11 is 0. The highest BCUT2D eigenvalue weighted by molar-refractivity contribution is 5.39. The van der Waals surface area contributed by atoms with Crippen LogP contribution in [0.2, 0.25) is 0 Å². The number of rotatable bonds is 5. The van der Waals surface area contributed by atoms with Gasteiger partial charge in [0.15, 0.2) is 0 Å². The van der Waals surface area contributed by atoms with E-state index in [9.17, 15) is 5.11 Å². The van der Waals surface area contributed by atoms with Crippen molar-refractivity contribution in [1.82, 2.24) is 14.7 Å². The van der Waals surface area contributed by atoms with Gasteiger partial charge < -0.3 is 14.8 Å². The standard InChI is InChI=1S/C13H19N3O/c1-10(2)12(9-17)14-7-11-8-16-6-4-3-5-13(16)15-11/h3-6,8,10,12,14,17H,7,9H2,1-2H3/t12-/m1/s1. The van der Waals surface area contributed by atoms with Gasteiger partial charge in [-0.05, 0) is 18.1 Å². The molecular formula is C13H19N3O. The number of aromatic nitrogens is 2. The van der Waals surface area contributed by atoms with E-state index in [-0.39, 0.29) is 12.6 Å². The van der Waals surface area contributed by atoms with Gasteiger partial charge in [0, 0.05) is 25.0 Å². The normalized spacial score (nSPS) is 13.4. The molecule has 0 fully saturated rings. The average molecular weight is 233 g/mol. The molecule has 0 aliphatic heterocycles. The van der Waals surface area contributed by atoms with Gasteiger partial charge in [0.05, 0.1) is 12.3 Å². The lowest BCUT2D eigenvalue weighted by molar-refractivity contribution is 0.210. The molecule has 2 aromatic rings. The maximum Gasteiger partial charge on any atom is 0.137 e. The third-order valence-electron chi connectivity index (χ3n) is 2.96. The molecule has 1 atom stereocenters. The molecule has 0 aliphatic carbocycles. The van der Waals surface area contributed by atoms with Crippen molar-refractivity contribution in [2.75, 3.05) is 6.61 Å². The molecule has 92 valence electrons. The van der Waals surface area contributed by atoms with Crippen LogP contribution in [-0.2, 0) is 6.54 Å². The Morgan fingerprint density at radius 3 is 2.88 bits per heavy atom. The van der Waals surface area contributed by atoms with Crippen molar-refractivity contribution in [2.24, 2.45) is 5.92 Å². The Hall–Kier alpha value is -1.39. The van der Waals surface area contributed by atoms with Crippen LogP contribution in [0, 0.1) is 5.92 Å². The van der Waals surface area contributed by atoms with Crippen LogP contribution in [0.15, 0.2) is 30.6 Å². The summed E-state index contributed by atoms with van der Waals surface area (Å²) in [4.78, 5) is 4.50. The Labute approximate surface area is 101 Å². The van der Waals surface area contributed by atoms with E-state index in [1.807, 2.05) is 35.0 Å². The average Bonchev–Trinajstić information content (AvgIpc) is 2.71. The lowest BCUT2D eigenvalue weighted by atomic mass is 10.1. The first kappa shape index (κ1) is 12.1. The summed E-state index contributed by atoms with van der Waals surface area (Å²) in [6.45, 7) is 5.03. The molecule has 0 saturated carbocycles. The number of hydrogen-bond donors (Lipinski definition) is 2. The molecule has 0 bridgehead atoms. The fourth-order valence-corrected chi connectivity index (χ4v) is 1.82. The van der Waals surface area contributed by atoms with Gasteiger partial charge in [-0.2, -0.15) is 0 Å². The monoisotopic (exact) mass is 233 g/mol. The van der Waals surface area contributed by atoms with Gasteiger partial charge >= 0.3 is 0 Å². The van der Waals surface area contributed by atoms with Gasteiger partial charge in [-0.3, -0.25) is 0 Å². The molecule has 17 heavy (non-hydrogen) atoms. The first-order chi connectivity index (χ1) is 8.20. The first-order valence-electron chi connectivity index (χ1n) is 5.97. The van der Waals surface area contributed by atoms with E-state index >= 15 is 0 Å². The minimum absolute atomic E-state index is 0.125. The highest BCUT2D eigenvalue weighted by Gasteiger charge is 2.11. The quantitative estimate of drug-likeness (QED) is 0.821. The molecule has 0 spiro atoms. The van der Waals surface area contributed by atoms with Gasteiger partial charge in [0.1, 0.15) is 5.65 Å². The van der Waals surface area contributed by atoms with Gasteiger partial charge in [0.25, 0.3) is 0 Å². The van der Waals surface area contributed by atoms with Crippen molar-refractivity contribution >= 4 is 5.65 Å². The van der Waals surface area contributed by atoms with E-state index in [1.54, 1.807) is 0 Å². The highest BCUT2D eigenvalue weighted by Crippen LogP contribution is 2.06. The number of fused-ring (bicyclic) bond motifs is 1. The number of aliphatic hydroxyl groups is 1. The first-order valence-corrected chi connectivity index (χ1v) is 5.97. The second kappa shape index (κ2) is 5.29. The molecule has 4 heteroatoms. The Morgan fingerprint density at radius 2 is 2.24 bits per heavy atom. The van der Waals surface area contributed by atoms with Gasteiger partial charge in [0.2, 0.25) is 0 Å². The fraction of sp³-hybridized carbons (Fsp3) is 0.462. The number of aliphatic hydroxyl groups excluding tert-OH is 1. The maximum atomic E-state index is 9.23. The molecule has 0 saturated heterocycles. The maximum absolute atomic E-state index is 9.23. The Kier molecular flexibility index (Phi) is 3.76. The third kappa shape index (κ3) is 2.84. The molecule has 0 aliphatic rings. The number of nitrogens with zero attached hydrogens (tertiary/aromatic N) is 2. The van der Waals surface area contributed by atoms with Gasteiger partial charge in [-0.15, -0.1) is 0 Å². The van der Waals surface area contributed by atoms with Crippen molar-refractivity contribution in [2.45, 2.75) is 26.4 Å². The van der Waals surface area contributed by atoms with E-state index in [4.69, 9.17) is 0 Å². The number of hydrogen-bond acceptors (Lipinski definition) is 3. The van der Waals surface area contributed by atoms with Crippen molar-refractivity contribution < 1.29 is 5.11 Å². The molecule has 2 heterocycles. The van der Waals surface area contributed by atoms with Crippen LogP contribution >= 0.6 is 0 Å². The van der Waals surface area contributed by atoms with Gasteiger partial charge in [-0.25, -0.2) is 4.98 Å². The predicted molar refractivity (Wildman–Crippen MR) is 67.7 cm³/mol. The molecule has 0 radical (unpaired) electrons. The number of pyridine rings is 1. The molecule has 0 unspecified atom stereocenters. The number of nitrogens with one attached hydrogen (secondary N) is 1. The summed E-state index contributed by atoms with van der Waals surface area (Å²) in [7, 11) is 0. The number of imidazole rings is 1. The van der Waals surface area contributed by atoms with E-state index in [0.29, 0.717) is 12.5 Å². The lowest BCUT2D eigenvalue weighted by Gasteiger charge is -2.19. The van der Waals surface area contributed by atoms with Crippen LogP contribution in [-0.4, -0.2) is 27.1 Å². The van der Waals surface area contributed by atoms with E-state index in [2.05, 4.69) is 24.1 Å². The Balaban J connectivity index is 2.03. The van der Waals surface area contributed by atoms with E-state index in [1.165, 1.54) is 0 Å². The van der Waals surface area contributed by atoms with Crippen LogP contribution in [0.5, 0.6) is 0 Å². The Bertz CT molecular complexity index is 445. The molecular weight excluding hydrogens is 214 g/mol. The minimum atomic E-state index is 0.125. The zero-order chi connectivity index (χ0) is 12.3. The van der Waals surface area contributed by atoms with Gasteiger partial charge in [-0.1, -0.05) is 19.9 Å². The SMILES string of the molecule is CC(C)[C@@H](CO)NCc1cn2ccccc2n1. The molecule has 2 N–H and O–H groups in total. The summed E-state index contributed by atoms with van der Waals surface area (Å²) in [5, 5.41) is 12.5. The van der Waals surface area contributed by atoms with Crippen molar-refractivity contribution in [3.8, 4) is 0 Å². The highest BCUT2D eigenvalue weighted by atomic mass is 16.3. The lowest BCUT2D eigenvalue weighted by Crippen LogP contribution is -2.36. The third-order valence-corrected chi connectivity index (χ3v) is 2.96. The second-order valence-corrected chi connectivity index (χ2v) is 4.61. The fourth-order valence-electron chi connectivity index (χ4n) is 1.82. The molecule has 2 aromatic heterocycles. The molecule has 4 nitrogen and oxygen atoms in total. The van der Waals surface area contributed by atoms with Crippen LogP contribution < -0.4 is 5.32 Å². The van der Waals surface area contributed by atoms with Crippen molar-refractivity contribution in [1.29, 1.82) is 0 Å². The van der Waals surface area contributed by atoms with E-state index < -0.39 is 0 Å². The molecule has 0 amide bonds. The zero-order valence-electron chi connectivity index (χ0n) is 10.3. The minimum Gasteiger partial charge on any atom is -0.395 e.